The summed E-state index contributed by atoms with van der Waals surface area (Å²) in [5, 5.41) is 5.82. The number of carbonyl (C=O) groups excluding carboxylic acids is 2. The molecule has 2 aromatic carbocycles. The number of benzene rings is 2. The molecule has 0 aromatic heterocycles. The fraction of sp³-hybridized carbons (Fsp3) is 0. The van der Waals surface area contributed by atoms with Crippen LogP contribution in [0.1, 0.15) is 10.4 Å². The number of primary amides is 1. The van der Waals surface area contributed by atoms with Gasteiger partial charge in [0.1, 0.15) is 0 Å². The number of carbonyl (C=O) groups is 2. The standard InChI is InChI=1S/C14H11Cl2N3O2/c15-11-6-1-8(7-12(11)16)13(20)18-9-2-4-10(5-3-9)19-14(17)21/h1-7H,(H,18,20)(H3,17,19,21). The fourth-order valence-electron chi connectivity index (χ4n) is 1.62. The van der Waals surface area contributed by atoms with Crippen molar-refractivity contribution in [2.45, 2.75) is 0 Å². The Morgan fingerprint density at radius 3 is 1.95 bits per heavy atom. The van der Waals surface area contributed by atoms with Gasteiger partial charge in [0, 0.05) is 16.9 Å². The smallest absolute Gasteiger partial charge is 0.316 e. The maximum Gasteiger partial charge on any atom is 0.316 e. The Morgan fingerprint density at radius 2 is 1.43 bits per heavy atom. The molecule has 7 heteroatoms. The maximum absolute atomic E-state index is 12.0. The second kappa shape index (κ2) is 6.47. The van der Waals surface area contributed by atoms with Crippen molar-refractivity contribution < 1.29 is 9.59 Å². The molecule has 0 unspecified atom stereocenters. The van der Waals surface area contributed by atoms with Crippen molar-refractivity contribution in [1.82, 2.24) is 0 Å². The second-order valence-corrected chi connectivity index (χ2v) is 4.96. The quantitative estimate of drug-likeness (QED) is 0.803. The van der Waals surface area contributed by atoms with Crippen molar-refractivity contribution in [2.75, 3.05) is 10.6 Å². The molecule has 5 nitrogen and oxygen atoms in total. The van der Waals surface area contributed by atoms with E-state index in [1.54, 1.807) is 36.4 Å². The molecule has 108 valence electrons. The lowest BCUT2D eigenvalue weighted by molar-refractivity contribution is 0.102. The van der Waals surface area contributed by atoms with Crippen LogP contribution >= 0.6 is 23.2 Å². The Balaban J connectivity index is 2.08. The summed E-state index contributed by atoms with van der Waals surface area (Å²) >= 11 is 11.7. The molecular formula is C14H11Cl2N3O2. The topological polar surface area (TPSA) is 84.2 Å². The van der Waals surface area contributed by atoms with Gasteiger partial charge >= 0.3 is 6.03 Å². The zero-order valence-electron chi connectivity index (χ0n) is 10.7. The molecule has 0 atom stereocenters. The van der Waals surface area contributed by atoms with Crippen molar-refractivity contribution >= 4 is 46.5 Å². The lowest BCUT2D eigenvalue weighted by Crippen LogP contribution is -2.19. The molecule has 0 saturated heterocycles. The van der Waals surface area contributed by atoms with Crippen LogP contribution < -0.4 is 16.4 Å². The third-order valence-corrected chi connectivity index (χ3v) is 3.33. The van der Waals surface area contributed by atoms with Gasteiger partial charge in [-0.2, -0.15) is 0 Å². The van der Waals surface area contributed by atoms with Crippen LogP contribution in [0.25, 0.3) is 0 Å². The summed E-state index contributed by atoms with van der Waals surface area (Å²) < 4.78 is 0. The van der Waals surface area contributed by atoms with E-state index in [0.29, 0.717) is 27.0 Å². The Bertz CT molecular complexity index is 687. The predicted molar refractivity (Wildman–Crippen MR) is 84.1 cm³/mol. The highest BCUT2D eigenvalue weighted by Crippen LogP contribution is 2.23. The lowest BCUT2D eigenvalue weighted by Gasteiger charge is -2.07. The summed E-state index contributed by atoms with van der Waals surface area (Å²) in [5.74, 6) is -0.316. The SMILES string of the molecule is NC(=O)Nc1ccc(NC(=O)c2ccc(Cl)c(Cl)c2)cc1. The van der Waals surface area contributed by atoms with Gasteiger partial charge in [-0.25, -0.2) is 4.79 Å². The largest absolute Gasteiger partial charge is 0.351 e. The summed E-state index contributed by atoms with van der Waals surface area (Å²) in [6, 6.07) is 10.5. The molecule has 0 spiro atoms. The number of nitrogens with one attached hydrogen (secondary N) is 2. The van der Waals surface area contributed by atoms with Crippen LogP contribution in [-0.4, -0.2) is 11.9 Å². The van der Waals surface area contributed by atoms with Crippen LogP contribution in [0.2, 0.25) is 10.0 Å². The van der Waals surface area contributed by atoms with Gasteiger partial charge in [0.2, 0.25) is 0 Å². The minimum atomic E-state index is -0.650. The van der Waals surface area contributed by atoms with E-state index in [4.69, 9.17) is 28.9 Å². The molecule has 0 aliphatic heterocycles. The summed E-state index contributed by atoms with van der Waals surface area (Å²) in [5.41, 5.74) is 6.50. The van der Waals surface area contributed by atoms with Gasteiger partial charge in [0.15, 0.2) is 0 Å². The predicted octanol–water partition coefficient (Wildman–Crippen LogP) is 3.74. The Morgan fingerprint density at radius 1 is 0.857 bits per heavy atom. The third-order valence-electron chi connectivity index (χ3n) is 2.59. The van der Waals surface area contributed by atoms with Crippen LogP contribution in [0, 0.1) is 0 Å². The zero-order chi connectivity index (χ0) is 15.4. The maximum atomic E-state index is 12.0. The van der Waals surface area contributed by atoms with Gasteiger partial charge in [0.05, 0.1) is 10.0 Å². The lowest BCUT2D eigenvalue weighted by atomic mass is 10.2. The van der Waals surface area contributed by atoms with Crippen molar-refractivity contribution in [1.29, 1.82) is 0 Å². The van der Waals surface area contributed by atoms with E-state index < -0.39 is 6.03 Å². The van der Waals surface area contributed by atoms with Gasteiger partial charge in [-0.1, -0.05) is 23.2 Å². The molecule has 2 aromatic rings. The number of hydrogen-bond donors (Lipinski definition) is 3. The first-order valence-electron chi connectivity index (χ1n) is 5.88. The van der Waals surface area contributed by atoms with Crippen molar-refractivity contribution in [3.8, 4) is 0 Å². The van der Waals surface area contributed by atoms with Gasteiger partial charge in [0.25, 0.3) is 5.91 Å². The highest BCUT2D eigenvalue weighted by molar-refractivity contribution is 6.42. The van der Waals surface area contributed by atoms with E-state index in [9.17, 15) is 9.59 Å². The van der Waals surface area contributed by atoms with E-state index in [0.717, 1.165) is 0 Å². The van der Waals surface area contributed by atoms with Crippen LogP contribution in [0.15, 0.2) is 42.5 Å². The molecule has 21 heavy (non-hydrogen) atoms. The first-order valence-corrected chi connectivity index (χ1v) is 6.64. The molecule has 0 fully saturated rings. The normalized spacial score (nSPS) is 10.0. The number of amides is 3. The minimum Gasteiger partial charge on any atom is -0.351 e. The van der Waals surface area contributed by atoms with Crippen molar-refractivity contribution in [2.24, 2.45) is 5.73 Å². The van der Waals surface area contributed by atoms with Gasteiger partial charge < -0.3 is 16.4 Å². The Labute approximate surface area is 131 Å². The molecule has 2 rings (SSSR count). The third kappa shape index (κ3) is 4.11. The van der Waals surface area contributed by atoms with Gasteiger partial charge in [-0.05, 0) is 42.5 Å². The zero-order valence-corrected chi connectivity index (χ0v) is 12.2. The van der Waals surface area contributed by atoms with Crippen LogP contribution in [0.3, 0.4) is 0 Å². The van der Waals surface area contributed by atoms with E-state index in [2.05, 4.69) is 10.6 Å². The van der Waals surface area contributed by atoms with Crippen molar-refractivity contribution in [3.63, 3.8) is 0 Å². The van der Waals surface area contributed by atoms with Crippen LogP contribution in [0.5, 0.6) is 0 Å². The van der Waals surface area contributed by atoms with E-state index >= 15 is 0 Å². The number of anilines is 2. The second-order valence-electron chi connectivity index (χ2n) is 4.15. The monoisotopic (exact) mass is 323 g/mol. The number of rotatable bonds is 3. The summed E-state index contributed by atoms with van der Waals surface area (Å²) in [6.07, 6.45) is 0. The molecule has 3 amide bonds. The summed E-state index contributed by atoms with van der Waals surface area (Å²) in [4.78, 5) is 22.7. The van der Waals surface area contributed by atoms with Crippen LogP contribution in [-0.2, 0) is 0 Å². The summed E-state index contributed by atoms with van der Waals surface area (Å²) in [7, 11) is 0. The fourth-order valence-corrected chi connectivity index (χ4v) is 1.92. The van der Waals surface area contributed by atoms with E-state index in [-0.39, 0.29) is 5.91 Å². The Kier molecular flexibility index (Phi) is 4.67. The molecule has 0 saturated carbocycles. The molecule has 0 aliphatic carbocycles. The number of hydrogen-bond acceptors (Lipinski definition) is 2. The highest BCUT2D eigenvalue weighted by Gasteiger charge is 2.08. The first-order chi connectivity index (χ1) is 9.95. The molecular weight excluding hydrogens is 313 g/mol. The minimum absolute atomic E-state index is 0.310. The van der Waals surface area contributed by atoms with Gasteiger partial charge in [-0.15, -0.1) is 0 Å². The molecule has 0 bridgehead atoms. The first kappa shape index (κ1) is 15.2. The average molecular weight is 324 g/mol. The summed E-state index contributed by atoms with van der Waals surface area (Å²) in [6.45, 7) is 0. The number of urea groups is 1. The van der Waals surface area contributed by atoms with Crippen LogP contribution in [0.4, 0.5) is 16.2 Å². The van der Waals surface area contributed by atoms with E-state index in [1.807, 2.05) is 0 Å². The molecule has 0 radical (unpaired) electrons. The molecule has 0 heterocycles. The van der Waals surface area contributed by atoms with E-state index in [1.165, 1.54) is 6.07 Å². The van der Waals surface area contributed by atoms with Gasteiger partial charge in [-0.3, -0.25) is 4.79 Å². The Hall–Kier alpha value is -2.24. The molecule has 0 aliphatic rings. The highest BCUT2D eigenvalue weighted by atomic mass is 35.5. The number of nitrogens with two attached hydrogens (primary N) is 1. The molecule has 4 N–H and O–H groups in total. The van der Waals surface area contributed by atoms with Crippen molar-refractivity contribution in [3.05, 3.63) is 58.1 Å². The average Bonchev–Trinajstić information content (AvgIpc) is 2.43. The number of halogens is 2.